The summed E-state index contributed by atoms with van der Waals surface area (Å²) < 4.78 is 3.17. The van der Waals surface area contributed by atoms with Crippen molar-refractivity contribution in [2.75, 3.05) is 0 Å². The molecule has 23 heavy (non-hydrogen) atoms. The monoisotopic (exact) mass is 303 g/mol. The van der Waals surface area contributed by atoms with Crippen LogP contribution in [0.5, 0.6) is 0 Å². The standard InChI is InChI=1S/C15H9N7O/c23-14-11-6-16-13-10(7-18-20-13)12(11)22-15(17-8-19-22)21(14)9-4-2-1-3-5-9/h1-8H,(H,16,18,20). The number of benzene rings is 1. The lowest BCUT2D eigenvalue weighted by Gasteiger charge is -2.09. The first kappa shape index (κ1) is 12.0. The van der Waals surface area contributed by atoms with E-state index >= 15 is 0 Å². The van der Waals surface area contributed by atoms with Crippen LogP contribution in [0.15, 0.2) is 53.8 Å². The van der Waals surface area contributed by atoms with E-state index < -0.39 is 0 Å². The van der Waals surface area contributed by atoms with Crippen LogP contribution in [0.25, 0.3) is 33.4 Å². The van der Waals surface area contributed by atoms with E-state index in [0.29, 0.717) is 22.3 Å². The molecule has 0 aliphatic rings. The summed E-state index contributed by atoms with van der Waals surface area (Å²) in [5.74, 6) is 0.447. The predicted octanol–water partition coefficient (Wildman–Crippen LogP) is 1.30. The van der Waals surface area contributed by atoms with Gasteiger partial charge in [0.15, 0.2) is 5.65 Å². The van der Waals surface area contributed by atoms with Crippen LogP contribution >= 0.6 is 0 Å². The van der Waals surface area contributed by atoms with Crippen molar-refractivity contribution in [3.8, 4) is 5.69 Å². The third-order valence-corrected chi connectivity index (χ3v) is 3.84. The second-order valence-electron chi connectivity index (χ2n) is 5.10. The molecule has 4 aromatic heterocycles. The molecule has 0 saturated carbocycles. The van der Waals surface area contributed by atoms with Gasteiger partial charge < -0.3 is 0 Å². The van der Waals surface area contributed by atoms with E-state index in [-0.39, 0.29) is 5.56 Å². The highest BCUT2D eigenvalue weighted by Crippen LogP contribution is 2.21. The number of pyridine rings is 1. The van der Waals surface area contributed by atoms with Crippen molar-refractivity contribution >= 4 is 27.7 Å². The number of fused-ring (bicyclic) bond motifs is 5. The van der Waals surface area contributed by atoms with Crippen molar-refractivity contribution in [3.63, 3.8) is 0 Å². The maximum absolute atomic E-state index is 13.0. The minimum Gasteiger partial charge on any atom is -0.268 e. The maximum atomic E-state index is 13.0. The van der Waals surface area contributed by atoms with E-state index in [1.54, 1.807) is 16.9 Å². The van der Waals surface area contributed by atoms with Crippen molar-refractivity contribution < 1.29 is 0 Å². The number of aromatic amines is 1. The Morgan fingerprint density at radius 1 is 1.00 bits per heavy atom. The molecule has 0 amide bonds. The van der Waals surface area contributed by atoms with Gasteiger partial charge in [-0.15, -0.1) is 0 Å². The van der Waals surface area contributed by atoms with Gasteiger partial charge in [0.25, 0.3) is 5.56 Å². The Morgan fingerprint density at radius 3 is 2.74 bits per heavy atom. The summed E-state index contributed by atoms with van der Waals surface area (Å²) >= 11 is 0. The highest BCUT2D eigenvalue weighted by atomic mass is 16.1. The zero-order valence-electron chi connectivity index (χ0n) is 11.7. The fourth-order valence-corrected chi connectivity index (χ4v) is 2.84. The SMILES string of the molecule is O=c1c2cnc3[nH]ncc3c2n2ncnc2n1-c1ccccc1. The van der Waals surface area contributed by atoms with Gasteiger partial charge in [0.05, 0.1) is 28.2 Å². The average molecular weight is 303 g/mol. The minimum atomic E-state index is -0.192. The van der Waals surface area contributed by atoms with Gasteiger partial charge in [0, 0.05) is 6.20 Å². The molecule has 0 unspecified atom stereocenters. The normalized spacial score (nSPS) is 11.7. The highest BCUT2D eigenvalue weighted by Gasteiger charge is 2.17. The fraction of sp³-hybridized carbons (Fsp3) is 0. The molecule has 5 rings (SSSR count). The molecule has 0 spiro atoms. The number of aromatic nitrogens is 7. The maximum Gasteiger partial charge on any atom is 0.269 e. The molecule has 0 aliphatic carbocycles. The van der Waals surface area contributed by atoms with E-state index in [1.165, 1.54) is 10.9 Å². The highest BCUT2D eigenvalue weighted by molar-refractivity contribution is 6.01. The van der Waals surface area contributed by atoms with Crippen molar-refractivity contribution in [1.29, 1.82) is 0 Å². The van der Waals surface area contributed by atoms with Gasteiger partial charge in [-0.3, -0.25) is 9.89 Å². The Labute approximate surface area is 128 Å². The molecule has 0 radical (unpaired) electrons. The van der Waals surface area contributed by atoms with Crippen LogP contribution in [0.4, 0.5) is 0 Å². The van der Waals surface area contributed by atoms with E-state index in [0.717, 1.165) is 11.1 Å². The Bertz CT molecular complexity index is 1230. The van der Waals surface area contributed by atoms with E-state index in [9.17, 15) is 4.79 Å². The summed E-state index contributed by atoms with van der Waals surface area (Å²) in [6.45, 7) is 0. The van der Waals surface area contributed by atoms with Gasteiger partial charge in [-0.05, 0) is 12.1 Å². The molecular weight excluding hydrogens is 294 g/mol. The lowest BCUT2D eigenvalue weighted by molar-refractivity contribution is 0.919. The van der Waals surface area contributed by atoms with Crippen molar-refractivity contribution in [2.24, 2.45) is 0 Å². The van der Waals surface area contributed by atoms with Crippen LogP contribution in [0, 0.1) is 0 Å². The zero-order chi connectivity index (χ0) is 15.4. The summed E-state index contributed by atoms with van der Waals surface area (Å²) in [7, 11) is 0. The third-order valence-electron chi connectivity index (χ3n) is 3.84. The Morgan fingerprint density at radius 2 is 1.87 bits per heavy atom. The molecule has 0 bridgehead atoms. The van der Waals surface area contributed by atoms with Crippen LogP contribution in [-0.4, -0.2) is 34.3 Å². The number of H-pyrrole nitrogens is 1. The number of rotatable bonds is 1. The zero-order valence-corrected chi connectivity index (χ0v) is 11.7. The summed E-state index contributed by atoms with van der Waals surface area (Å²) in [5.41, 5.74) is 1.78. The molecule has 0 atom stereocenters. The van der Waals surface area contributed by atoms with Gasteiger partial charge in [-0.25, -0.2) is 9.55 Å². The fourth-order valence-electron chi connectivity index (χ4n) is 2.84. The van der Waals surface area contributed by atoms with E-state index in [2.05, 4.69) is 25.3 Å². The molecule has 8 heteroatoms. The van der Waals surface area contributed by atoms with Gasteiger partial charge in [-0.2, -0.15) is 19.7 Å². The van der Waals surface area contributed by atoms with Crippen molar-refractivity contribution in [1.82, 2.24) is 34.3 Å². The predicted molar refractivity (Wildman–Crippen MR) is 83.5 cm³/mol. The molecule has 8 nitrogen and oxygen atoms in total. The molecule has 4 heterocycles. The summed E-state index contributed by atoms with van der Waals surface area (Å²) in [5, 5.41) is 12.3. The topological polar surface area (TPSA) is 93.8 Å². The molecule has 0 fully saturated rings. The quantitative estimate of drug-likeness (QED) is 0.504. The van der Waals surface area contributed by atoms with E-state index in [1.807, 2.05) is 30.3 Å². The van der Waals surface area contributed by atoms with Crippen LogP contribution < -0.4 is 5.56 Å². The second-order valence-corrected chi connectivity index (χ2v) is 5.10. The first-order chi connectivity index (χ1) is 11.3. The number of para-hydroxylation sites is 1. The van der Waals surface area contributed by atoms with Gasteiger partial charge in [0.1, 0.15) is 6.33 Å². The summed E-state index contributed by atoms with van der Waals surface area (Å²) in [6.07, 6.45) is 4.61. The molecule has 1 N–H and O–H groups in total. The van der Waals surface area contributed by atoms with E-state index in [4.69, 9.17) is 0 Å². The lowest BCUT2D eigenvalue weighted by atomic mass is 10.2. The Hall–Kier alpha value is -3.55. The number of hydrogen-bond donors (Lipinski definition) is 1. The smallest absolute Gasteiger partial charge is 0.268 e. The Balaban J connectivity index is 2.08. The first-order valence-electron chi connectivity index (χ1n) is 6.96. The van der Waals surface area contributed by atoms with Crippen LogP contribution in [0.2, 0.25) is 0 Å². The molecule has 110 valence electrons. The van der Waals surface area contributed by atoms with Crippen molar-refractivity contribution in [2.45, 2.75) is 0 Å². The average Bonchev–Trinajstić information content (AvgIpc) is 3.24. The van der Waals surface area contributed by atoms with Gasteiger partial charge >= 0.3 is 0 Å². The summed E-state index contributed by atoms with van der Waals surface area (Å²) in [4.78, 5) is 21.5. The molecule has 0 aliphatic heterocycles. The molecule has 1 aromatic carbocycles. The molecular formula is C15H9N7O. The van der Waals surface area contributed by atoms with Crippen LogP contribution in [0.1, 0.15) is 0 Å². The van der Waals surface area contributed by atoms with Crippen LogP contribution in [-0.2, 0) is 0 Å². The first-order valence-corrected chi connectivity index (χ1v) is 6.96. The van der Waals surface area contributed by atoms with Gasteiger partial charge in [0.2, 0.25) is 5.78 Å². The van der Waals surface area contributed by atoms with Crippen LogP contribution in [0.3, 0.4) is 0 Å². The Kier molecular flexibility index (Phi) is 2.21. The largest absolute Gasteiger partial charge is 0.269 e. The number of hydrogen-bond acceptors (Lipinski definition) is 5. The van der Waals surface area contributed by atoms with Crippen molar-refractivity contribution in [3.05, 3.63) is 59.4 Å². The summed E-state index contributed by atoms with van der Waals surface area (Å²) in [6, 6.07) is 9.34. The molecule has 5 aromatic rings. The lowest BCUT2D eigenvalue weighted by Crippen LogP contribution is -2.22. The molecule has 0 saturated heterocycles. The second kappa shape index (κ2) is 4.23. The number of nitrogens with zero attached hydrogens (tertiary/aromatic N) is 6. The number of nitrogens with one attached hydrogen (secondary N) is 1. The van der Waals surface area contributed by atoms with Gasteiger partial charge in [-0.1, -0.05) is 18.2 Å². The third kappa shape index (κ3) is 1.51. The minimum absolute atomic E-state index is 0.192.